The molecule has 0 saturated carbocycles. The zero-order chi connectivity index (χ0) is 20.1. The molecular weight excluding hydrogens is 366 g/mol. The van der Waals surface area contributed by atoms with Crippen molar-refractivity contribution in [2.24, 2.45) is 0 Å². The number of rotatable bonds is 6. The Morgan fingerprint density at radius 3 is 2.69 bits per heavy atom. The maximum Gasteiger partial charge on any atom is 0.224 e. The van der Waals surface area contributed by atoms with Gasteiger partial charge in [0, 0.05) is 68.0 Å². The van der Waals surface area contributed by atoms with Crippen molar-refractivity contribution in [1.29, 1.82) is 0 Å². The number of nitrogens with one attached hydrogen (secondary N) is 2. The monoisotopic (exact) mass is 391 g/mol. The number of hydrogen-bond donors (Lipinski definition) is 2. The molecule has 150 valence electrons. The molecule has 3 heterocycles. The molecule has 0 radical (unpaired) electrons. The highest BCUT2D eigenvalue weighted by atomic mass is 16.2. The number of hydrogen-bond acceptors (Lipinski definition) is 4. The molecule has 0 unspecified atom stereocenters. The van der Waals surface area contributed by atoms with Crippen LogP contribution in [-0.2, 0) is 9.59 Å². The summed E-state index contributed by atoms with van der Waals surface area (Å²) >= 11 is 0. The first-order chi connectivity index (χ1) is 14.2. The fourth-order valence-corrected chi connectivity index (χ4v) is 3.64. The number of amides is 2. The predicted molar refractivity (Wildman–Crippen MR) is 114 cm³/mol. The molecule has 0 atom stereocenters. The van der Waals surface area contributed by atoms with Crippen LogP contribution in [-0.4, -0.2) is 52.9 Å². The van der Waals surface area contributed by atoms with Crippen molar-refractivity contribution in [2.45, 2.75) is 19.3 Å². The van der Waals surface area contributed by atoms with Crippen LogP contribution < -0.4 is 10.2 Å². The lowest BCUT2D eigenvalue weighted by atomic mass is 10.2. The Morgan fingerprint density at radius 1 is 1.03 bits per heavy atom. The molecule has 7 nitrogen and oxygen atoms in total. The second-order valence-electron chi connectivity index (χ2n) is 7.24. The highest BCUT2D eigenvalue weighted by Crippen LogP contribution is 2.18. The molecule has 0 spiro atoms. The molecule has 1 aliphatic heterocycles. The fraction of sp³-hybridized carbons (Fsp3) is 0.318. The molecule has 29 heavy (non-hydrogen) atoms. The third kappa shape index (κ3) is 4.74. The van der Waals surface area contributed by atoms with E-state index >= 15 is 0 Å². The Hall–Kier alpha value is -3.35. The van der Waals surface area contributed by atoms with Crippen LogP contribution in [0.1, 0.15) is 19.3 Å². The summed E-state index contributed by atoms with van der Waals surface area (Å²) in [6.45, 7) is 2.95. The van der Waals surface area contributed by atoms with Crippen molar-refractivity contribution >= 4 is 34.2 Å². The van der Waals surface area contributed by atoms with E-state index in [1.807, 2.05) is 53.6 Å². The third-order valence-corrected chi connectivity index (χ3v) is 5.24. The van der Waals surface area contributed by atoms with Crippen molar-refractivity contribution in [1.82, 2.24) is 14.9 Å². The topological polar surface area (TPSA) is 81.3 Å². The minimum Gasteiger partial charge on any atom is -0.361 e. The zero-order valence-corrected chi connectivity index (χ0v) is 16.3. The molecule has 2 amide bonds. The normalized spacial score (nSPS) is 14.2. The number of H-pyrrole nitrogens is 1. The van der Waals surface area contributed by atoms with E-state index in [1.165, 1.54) is 0 Å². The molecular formula is C22H25N5O2. The Morgan fingerprint density at radius 2 is 1.90 bits per heavy atom. The summed E-state index contributed by atoms with van der Waals surface area (Å²) in [5.41, 5.74) is 1.82. The van der Waals surface area contributed by atoms with E-state index in [0.717, 1.165) is 35.5 Å². The highest BCUT2D eigenvalue weighted by molar-refractivity contribution is 5.94. The van der Waals surface area contributed by atoms with E-state index < -0.39 is 0 Å². The maximum atomic E-state index is 12.5. The summed E-state index contributed by atoms with van der Waals surface area (Å²) in [6, 6.07) is 13.6. The van der Waals surface area contributed by atoms with Gasteiger partial charge >= 0.3 is 0 Å². The minimum absolute atomic E-state index is 0.0624. The van der Waals surface area contributed by atoms with E-state index in [2.05, 4.69) is 20.2 Å². The second-order valence-corrected chi connectivity index (χ2v) is 7.24. The number of aromatic nitrogens is 2. The van der Waals surface area contributed by atoms with Gasteiger partial charge in [-0.2, -0.15) is 0 Å². The van der Waals surface area contributed by atoms with Crippen LogP contribution in [0.15, 0.2) is 54.9 Å². The quantitative estimate of drug-likeness (QED) is 0.677. The van der Waals surface area contributed by atoms with Crippen molar-refractivity contribution in [3.63, 3.8) is 0 Å². The average molecular weight is 391 g/mol. The Balaban J connectivity index is 1.18. The third-order valence-electron chi connectivity index (χ3n) is 5.24. The lowest BCUT2D eigenvalue weighted by Gasteiger charge is -2.35. The van der Waals surface area contributed by atoms with Gasteiger partial charge in [0.2, 0.25) is 11.8 Å². The van der Waals surface area contributed by atoms with Gasteiger partial charge in [-0.25, -0.2) is 4.98 Å². The van der Waals surface area contributed by atoms with Crippen LogP contribution in [0.5, 0.6) is 0 Å². The number of benzene rings is 1. The van der Waals surface area contributed by atoms with Gasteiger partial charge in [0.1, 0.15) is 5.82 Å². The van der Waals surface area contributed by atoms with Gasteiger partial charge in [-0.1, -0.05) is 6.07 Å². The fourth-order valence-electron chi connectivity index (χ4n) is 3.64. The first-order valence-electron chi connectivity index (χ1n) is 10.00. The minimum atomic E-state index is -0.0624. The van der Waals surface area contributed by atoms with Gasteiger partial charge in [-0.3, -0.25) is 9.59 Å². The SMILES string of the molecule is O=C(CCCC(=O)N1CCN(c2ccccn2)CC1)Nc1ccc2[nH]ccc2c1. The summed E-state index contributed by atoms with van der Waals surface area (Å²) < 4.78 is 0. The zero-order valence-electron chi connectivity index (χ0n) is 16.3. The van der Waals surface area contributed by atoms with Gasteiger partial charge in [0.25, 0.3) is 0 Å². The lowest BCUT2D eigenvalue weighted by molar-refractivity contribution is -0.131. The molecule has 0 aliphatic carbocycles. The van der Waals surface area contributed by atoms with Crippen LogP contribution in [0.3, 0.4) is 0 Å². The van der Waals surface area contributed by atoms with Gasteiger partial charge < -0.3 is 20.1 Å². The summed E-state index contributed by atoms with van der Waals surface area (Å²) in [5.74, 6) is 1.01. The van der Waals surface area contributed by atoms with E-state index in [0.29, 0.717) is 32.4 Å². The lowest BCUT2D eigenvalue weighted by Crippen LogP contribution is -2.49. The number of fused-ring (bicyclic) bond motifs is 1. The molecule has 3 aromatic rings. The van der Waals surface area contributed by atoms with Gasteiger partial charge in [-0.05, 0) is 42.8 Å². The average Bonchev–Trinajstić information content (AvgIpc) is 3.22. The van der Waals surface area contributed by atoms with Crippen LogP contribution in [0.4, 0.5) is 11.5 Å². The molecule has 2 N–H and O–H groups in total. The number of nitrogens with zero attached hydrogens (tertiary/aromatic N) is 3. The molecule has 1 aliphatic rings. The number of carbonyl (C=O) groups excluding carboxylic acids is 2. The van der Waals surface area contributed by atoms with Crippen LogP contribution in [0.25, 0.3) is 10.9 Å². The van der Waals surface area contributed by atoms with Crippen LogP contribution in [0.2, 0.25) is 0 Å². The van der Waals surface area contributed by atoms with E-state index in [-0.39, 0.29) is 11.8 Å². The van der Waals surface area contributed by atoms with E-state index in [1.54, 1.807) is 6.20 Å². The Labute approximate surface area is 169 Å². The number of anilines is 2. The Kier molecular flexibility index (Phi) is 5.74. The van der Waals surface area contributed by atoms with Crippen molar-refractivity contribution < 1.29 is 9.59 Å². The summed E-state index contributed by atoms with van der Waals surface area (Å²) in [6.07, 6.45) is 4.95. The summed E-state index contributed by atoms with van der Waals surface area (Å²) in [4.78, 5) is 36.2. The molecule has 7 heteroatoms. The number of aromatic amines is 1. The number of piperazine rings is 1. The molecule has 1 saturated heterocycles. The van der Waals surface area contributed by atoms with Gasteiger partial charge in [0.05, 0.1) is 0 Å². The first kappa shape index (κ1) is 19.0. The molecule has 1 aromatic carbocycles. The first-order valence-corrected chi connectivity index (χ1v) is 10.00. The molecule has 4 rings (SSSR count). The largest absolute Gasteiger partial charge is 0.361 e. The van der Waals surface area contributed by atoms with Crippen LogP contribution >= 0.6 is 0 Å². The summed E-state index contributed by atoms with van der Waals surface area (Å²) in [7, 11) is 0. The van der Waals surface area contributed by atoms with Crippen LogP contribution in [0, 0.1) is 0 Å². The molecule has 1 fully saturated rings. The highest BCUT2D eigenvalue weighted by Gasteiger charge is 2.21. The van der Waals surface area contributed by atoms with E-state index in [4.69, 9.17) is 0 Å². The Bertz CT molecular complexity index is 977. The smallest absolute Gasteiger partial charge is 0.224 e. The van der Waals surface area contributed by atoms with Gasteiger partial charge in [-0.15, -0.1) is 0 Å². The number of pyridine rings is 1. The molecule has 2 aromatic heterocycles. The standard InChI is InChI=1S/C22H25N5O2/c28-21(25-18-7-8-19-17(16-18)9-11-23-19)5-3-6-22(29)27-14-12-26(13-15-27)20-4-1-2-10-24-20/h1-2,4,7-11,16,23H,3,5-6,12-15H2,(H,25,28). The van der Waals surface area contributed by atoms with Gasteiger partial charge in [0.15, 0.2) is 0 Å². The number of carbonyl (C=O) groups is 2. The second kappa shape index (κ2) is 8.77. The summed E-state index contributed by atoms with van der Waals surface area (Å²) in [5, 5.41) is 3.97. The van der Waals surface area contributed by atoms with E-state index in [9.17, 15) is 9.59 Å². The van der Waals surface area contributed by atoms with Crippen molar-refractivity contribution in [3.05, 3.63) is 54.9 Å². The van der Waals surface area contributed by atoms with Crippen molar-refractivity contribution in [3.8, 4) is 0 Å². The maximum absolute atomic E-state index is 12.5. The predicted octanol–water partition coefficient (Wildman–Crippen LogP) is 3.02. The van der Waals surface area contributed by atoms with Crippen molar-refractivity contribution in [2.75, 3.05) is 36.4 Å². The molecule has 0 bridgehead atoms.